The van der Waals surface area contributed by atoms with Crippen LogP contribution in [0.25, 0.3) is 0 Å². The molecule has 3 nitrogen and oxygen atoms in total. The lowest BCUT2D eigenvalue weighted by Gasteiger charge is -2.24. The Morgan fingerprint density at radius 1 is 1.47 bits per heavy atom. The van der Waals surface area contributed by atoms with Crippen LogP contribution in [-0.4, -0.2) is 16.4 Å². The van der Waals surface area contributed by atoms with Gasteiger partial charge in [0.25, 0.3) is 5.91 Å². The highest BCUT2D eigenvalue weighted by molar-refractivity contribution is 5.94. The van der Waals surface area contributed by atoms with Crippen molar-refractivity contribution in [1.82, 2.24) is 10.3 Å². The molecule has 1 rings (SSSR count). The van der Waals surface area contributed by atoms with Gasteiger partial charge < -0.3 is 5.32 Å². The van der Waals surface area contributed by atoms with Gasteiger partial charge >= 0.3 is 0 Å². The van der Waals surface area contributed by atoms with Crippen molar-refractivity contribution in [2.45, 2.75) is 39.7 Å². The number of carbonyl (C=O) groups excluding carboxylic acids is 1. The van der Waals surface area contributed by atoms with Crippen molar-refractivity contribution in [1.29, 1.82) is 0 Å². The maximum atomic E-state index is 11.8. The van der Waals surface area contributed by atoms with E-state index in [1.807, 2.05) is 33.8 Å². The second kappa shape index (κ2) is 4.43. The zero-order valence-corrected chi connectivity index (χ0v) is 9.79. The first-order valence-corrected chi connectivity index (χ1v) is 5.20. The highest BCUT2D eigenvalue weighted by Crippen LogP contribution is 2.09. The summed E-state index contributed by atoms with van der Waals surface area (Å²) in [5.41, 5.74) is 1.37. The normalized spacial score (nSPS) is 11.2. The lowest BCUT2D eigenvalue weighted by molar-refractivity contribution is 0.0911. The van der Waals surface area contributed by atoms with Crippen molar-refractivity contribution in [3.8, 4) is 0 Å². The van der Waals surface area contributed by atoms with E-state index in [1.54, 1.807) is 12.3 Å². The topological polar surface area (TPSA) is 42.0 Å². The number of nitrogens with one attached hydrogen (secondary N) is 1. The highest BCUT2D eigenvalue weighted by atomic mass is 16.1. The molecule has 0 radical (unpaired) electrons. The first-order chi connectivity index (χ1) is 6.94. The van der Waals surface area contributed by atoms with Crippen LogP contribution in [0, 0.1) is 6.92 Å². The zero-order valence-electron chi connectivity index (χ0n) is 9.79. The van der Waals surface area contributed by atoms with Crippen molar-refractivity contribution in [2.24, 2.45) is 0 Å². The molecule has 0 aliphatic carbocycles. The Morgan fingerprint density at radius 2 is 2.13 bits per heavy atom. The van der Waals surface area contributed by atoms with Gasteiger partial charge in [-0.2, -0.15) is 0 Å². The van der Waals surface area contributed by atoms with Crippen molar-refractivity contribution in [3.63, 3.8) is 0 Å². The van der Waals surface area contributed by atoms with Gasteiger partial charge in [0, 0.05) is 17.4 Å². The molecule has 0 aromatic carbocycles. The summed E-state index contributed by atoms with van der Waals surface area (Å²) in [5.74, 6) is -0.0608. The Morgan fingerprint density at radius 3 is 2.60 bits per heavy atom. The molecular formula is C12H18N2O. The number of rotatable bonds is 3. The Labute approximate surface area is 90.9 Å². The van der Waals surface area contributed by atoms with E-state index in [0.29, 0.717) is 5.56 Å². The van der Waals surface area contributed by atoms with E-state index in [0.717, 1.165) is 12.1 Å². The molecule has 0 spiro atoms. The number of amides is 1. The fourth-order valence-electron chi connectivity index (χ4n) is 1.07. The quantitative estimate of drug-likeness (QED) is 0.824. The maximum absolute atomic E-state index is 11.8. The van der Waals surface area contributed by atoms with Crippen LogP contribution in [-0.2, 0) is 0 Å². The van der Waals surface area contributed by atoms with Crippen LogP contribution in [0.5, 0.6) is 0 Å². The third-order valence-electron chi connectivity index (χ3n) is 2.51. The minimum Gasteiger partial charge on any atom is -0.347 e. The summed E-state index contributed by atoms with van der Waals surface area (Å²) in [6.07, 6.45) is 2.51. The van der Waals surface area contributed by atoms with Gasteiger partial charge in [0.1, 0.15) is 0 Å². The molecule has 0 saturated carbocycles. The second-order valence-corrected chi connectivity index (χ2v) is 4.38. The summed E-state index contributed by atoms with van der Waals surface area (Å²) < 4.78 is 0. The summed E-state index contributed by atoms with van der Waals surface area (Å²) in [4.78, 5) is 15.9. The number of carbonyl (C=O) groups is 1. The van der Waals surface area contributed by atoms with E-state index in [-0.39, 0.29) is 11.4 Å². The van der Waals surface area contributed by atoms with E-state index in [1.165, 1.54) is 0 Å². The van der Waals surface area contributed by atoms with Crippen LogP contribution in [0.2, 0.25) is 0 Å². The van der Waals surface area contributed by atoms with Gasteiger partial charge in [-0.15, -0.1) is 0 Å². The zero-order chi connectivity index (χ0) is 11.5. The molecule has 0 fully saturated rings. The Hall–Kier alpha value is -1.38. The average molecular weight is 206 g/mol. The Kier molecular flexibility index (Phi) is 3.45. The summed E-state index contributed by atoms with van der Waals surface area (Å²) in [6, 6.07) is 3.64. The minimum atomic E-state index is -0.165. The Balaban J connectivity index is 2.74. The first kappa shape index (κ1) is 11.7. The van der Waals surface area contributed by atoms with Crippen molar-refractivity contribution in [3.05, 3.63) is 29.6 Å². The molecule has 0 saturated heterocycles. The van der Waals surface area contributed by atoms with Gasteiger partial charge in [-0.25, -0.2) is 0 Å². The summed E-state index contributed by atoms with van der Waals surface area (Å²) in [5, 5.41) is 2.96. The van der Waals surface area contributed by atoms with E-state index in [9.17, 15) is 4.79 Å². The number of nitrogens with zero attached hydrogens (tertiary/aromatic N) is 1. The molecule has 0 unspecified atom stereocenters. The van der Waals surface area contributed by atoms with Crippen molar-refractivity contribution in [2.75, 3.05) is 0 Å². The smallest absolute Gasteiger partial charge is 0.253 e. The van der Waals surface area contributed by atoms with Crippen LogP contribution >= 0.6 is 0 Å². The highest BCUT2D eigenvalue weighted by Gasteiger charge is 2.18. The van der Waals surface area contributed by atoms with Crippen LogP contribution in [0.1, 0.15) is 43.2 Å². The Bertz CT molecular complexity index is 341. The number of hydrogen-bond donors (Lipinski definition) is 1. The van der Waals surface area contributed by atoms with Crippen LogP contribution in [0.15, 0.2) is 18.3 Å². The van der Waals surface area contributed by atoms with Crippen molar-refractivity contribution >= 4 is 5.91 Å². The van der Waals surface area contributed by atoms with Gasteiger partial charge in [-0.1, -0.05) is 6.92 Å². The molecule has 1 amide bonds. The van der Waals surface area contributed by atoms with E-state index in [2.05, 4.69) is 10.3 Å². The predicted octanol–water partition coefficient (Wildman–Crippen LogP) is 2.31. The molecular weight excluding hydrogens is 188 g/mol. The second-order valence-electron chi connectivity index (χ2n) is 4.38. The number of aromatic nitrogens is 1. The molecule has 0 atom stereocenters. The number of aryl methyl sites for hydroxylation is 1. The molecule has 3 heteroatoms. The molecule has 0 bridgehead atoms. The molecule has 1 N–H and O–H groups in total. The fourth-order valence-corrected chi connectivity index (χ4v) is 1.07. The number of hydrogen-bond acceptors (Lipinski definition) is 2. The van der Waals surface area contributed by atoms with E-state index >= 15 is 0 Å². The lowest BCUT2D eigenvalue weighted by Crippen LogP contribution is -2.42. The average Bonchev–Trinajstić information content (AvgIpc) is 2.18. The molecule has 1 aromatic heterocycles. The maximum Gasteiger partial charge on any atom is 0.253 e. The standard InChI is InChI=1S/C12H18N2O/c1-5-12(3,4)14-11(15)10-7-6-9(2)13-8-10/h6-8H,5H2,1-4H3,(H,14,15). The van der Waals surface area contributed by atoms with Gasteiger partial charge in [0.05, 0.1) is 5.56 Å². The third kappa shape index (κ3) is 3.35. The predicted molar refractivity (Wildman–Crippen MR) is 60.8 cm³/mol. The molecule has 0 aliphatic rings. The minimum absolute atomic E-state index is 0.0608. The van der Waals surface area contributed by atoms with Crippen LogP contribution in [0.3, 0.4) is 0 Å². The van der Waals surface area contributed by atoms with Gasteiger partial charge in [-0.05, 0) is 39.3 Å². The van der Waals surface area contributed by atoms with Gasteiger partial charge in [-0.3, -0.25) is 9.78 Å². The SMILES string of the molecule is CCC(C)(C)NC(=O)c1ccc(C)nc1. The van der Waals surface area contributed by atoms with Gasteiger partial charge in [0.15, 0.2) is 0 Å². The summed E-state index contributed by atoms with van der Waals surface area (Å²) in [6.45, 7) is 7.96. The van der Waals surface area contributed by atoms with E-state index in [4.69, 9.17) is 0 Å². The summed E-state index contributed by atoms with van der Waals surface area (Å²) in [7, 11) is 0. The molecule has 15 heavy (non-hydrogen) atoms. The monoisotopic (exact) mass is 206 g/mol. The molecule has 0 aliphatic heterocycles. The largest absolute Gasteiger partial charge is 0.347 e. The number of pyridine rings is 1. The summed E-state index contributed by atoms with van der Waals surface area (Å²) >= 11 is 0. The van der Waals surface area contributed by atoms with E-state index < -0.39 is 0 Å². The first-order valence-electron chi connectivity index (χ1n) is 5.20. The molecule has 1 heterocycles. The molecule has 82 valence electrons. The van der Waals surface area contributed by atoms with Crippen LogP contribution < -0.4 is 5.32 Å². The van der Waals surface area contributed by atoms with Crippen molar-refractivity contribution < 1.29 is 4.79 Å². The van der Waals surface area contributed by atoms with Gasteiger partial charge in [0.2, 0.25) is 0 Å². The lowest BCUT2D eigenvalue weighted by atomic mass is 10.0. The fraction of sp³-hybridized carbons (Fsp3) is 0.500. The molecule has 1 aromatic rings. The van der Waals surface area contributed by atoms with Crippen LogP contribution in [0.4, 0.5) is 0 Å². The third-order valence-corrected chi connectivity index (χ3v) is 2.51.